The van der Waals surface area contributed by atoms with Gasteiger partial charge in [0, 0.05) is 23.9 Å². The van der Waals surface area contributed by atoms with Crippen LogP contribution in [0, 0.1) is 5.82 Å². The van der Waals surface area contributed by atoms with Crippen molar-refractivity contribution in [1.82, 2.24) is 15.1 Å². The third-order valence-corrected chi connectivity index (χ3v) is 3.54. The highest BCUT2D eigenvalue weighted by atomic mass is 19.1. The van der Waals surface area contributed by atoms with Crippen molar-refractivity contribution in [3.05, 3.63) is 66.1 Å². The predicted molar refractivity (Wildman–Crippen MR) is 82.6 cm³/mol. The number of fused-ring (bicyclic) bond motifs is 1. The number of carbonyl (C=O) groups excluding carboxylic acids is 1. The number of nitrogens with one attached hydrogen (secondary N) is 1. The molecular formula is C17H16FN3O. The van der Waals surface area contributed by atoms with Crippen LogP contribution < -0.4 is 5.32 Å². The van der Waals surface area contributed by atoms with Crippen LogP contribution in [0.2, 0.25) is 0 Å². The van der Waals surface area contributed by atoms with E-state index in [0.717, 1.165) is 10.9 Å². The van der Waals surface area contributed by atoms with Gasteiger partial charge in [-0.2, -0.15) is 5.10 Å². The molecule has 3 aromatic rings. The molecule has 0 bridgehead atoms. The Morgan fingerprint density at radius 1 is 1.14 bits per heavy atom. The van der Waals surface area contributed by atoms with E-state index in [1.807, 2.05) is 24.3 Å². The number of para-hydroxylation sites is 1. The Hall–Kier alpha value is -2.69. The van der Waals surface area contributed by atoms with Crippen molar-refractivity contribution in [2.24, 2.45) is 0 Å². The van der Waals surface area contributed by atoms with Gasteiger partial charge in [-0.15, -0.1) is 0 Å². The van der Waals surface area contributed by atoms with Crippen molar-refractivity contribution in [2.75, 3.05) is 0 Å². The number of rotatable bonds is 5. The van der Waals surface area contributed by atoms with Crippen LogP contribution in [0.1, 0.15) is 12.0 Å². The summed E-state index contributed by atoms with van der Waals surface area (Å²) >= 11 is 0. The first-order chi connectivity index (χ1) is 10.7. The van der Waals surface area contributed by atoms with Crippen LogP contribution >= 0.6 is 0 Å². The molecule has 1 amide bonds. The van der Waals surface area contributed by atoms with Crippen LogP contribution in [0.15, 0.2) is 54.7 Å². The van der Waals surface area contributed by atoms with Gasteiger partial charge >= 0.3 is 0 Å². The van der Waals surface area contributed by atoms with Gasteiger partial charge in [0.15, 0.2) is 0 Å². The number of carbonyl (C=O) groups is 1. The number of aromatic nitrogens is 2. The second-order valence-corrected chi connectivity index (χ2v) is 5.04. The van der Waals surface area contributed by atoms with E-state index in [1.54, 1.807) is 29.1 Å². The molecule has 0 saturated heterocycles. The van der Waals surface area contributed by atoms with E-state index in [9.17, 15) is 9.18 Å². The van der Waals surface area contributed by atoms with Gasteiger partial charge in [0.2, 0.25) is 5.91 Å². The SMILES string of the molecule is O=C(CCn1ncc2ccccc21)NCc1ccccc1F. The van der Waals surface area contributed by atoms with Crippen LogP contribution in [-0.4, -0.2) is 15.7 Å². The van der Waals surface area contributed by atoms with Crippen molar-refractivity contribution in [3.63, 3.8) is 0 Å². The van der Waals surface area contributed by atoms with E-state index in [-0.39, 0.29) is 18.3 Å². The largest absolute Gasteiger partial charge is 0.352 e. The molecule has 0 fully saturated rings. The first kappa shape index (κ1) is 14.3. The highest BCUT2D eigenvalue weighted by Gasteiger charge is 2.07. The maximum Gasteiger partial charge on any atom is 0.222 e. The Balaban J connectivity index is 1.55. The Kier molecular flexibility index (Phi) is 4.14. The van der Waals surface area contributed by atoms with E-state index < -0.39 is 0 Å². The topological polar surface area (TPSA) is 46.9 Å². The standard InChI is InChI=1S/C17H16FN3O/c18-15-7-3-1-5-13(15)11-19-17(22)9-10-21-16-8-4-2-6-14(16)12-20-21/h1-8,12H,9-11H2,(H,19,22). The molecule has 4 nitrogen and oxygen atoms in total. The Morgan fingerprint density at radius 3 is 2.77 bits per heavy atom. The summed E-state index contributed by atoms with van der Waals surface area (Å²) in [5.74, 6) is -0.427. The molecule has 0 radical (unpaired) electrons. The summed E-state index contributed by atoms with van der Waals surface area (Å²) in [6, 6.07) is 14.3. The van der Waals surface area contributed by atoms with Crippen LogP contribution in [0.5, 0.6) is 0 Å². The molecule has 1 aromatic heterocycles. The van der Waals surface area contributed by atoms with Gasteiger partial charge in [-0.25, -0.2) is 4.39 Å². The lowest BCUT2D eigenvalue weighted by Crippen LogP contribution is -2.24. The smallest absolute Gasteiger partial charge is 0.222 e. The zero-order valence-corrected chi connectivity index (χ0v) is 12.0. The third-order valence-electron chi connectivity index (χ3n) is 3.54. The second kappa shape index (κ2) is 6.39. The van der Waals surface area contributed by atoms with Crippen molar-refractivity contribution in [2.45, 2.75) is 19.5 Å². The number of amides is 1. The zero-order chi connectivity index (χ0) is 15.4. The number of benzene rings is 2. The molecule has 0 saturated carbocycles. The van der Waals surface area contributed by atoms with Gasteiger partial charge in [-0.05, 0) is 12.1 Å². The maximum atomic E-state index is 13.5. The monoisotopic (exact) mass is 297 g/mol. The highest BCUT2D eigenvalue weighted by Crippen LogP contribution is 2.12. The van der Waals surface area contributed by atoms with Crippen molar-refractivity contribution in [1.29, 1.82) is 0 Å². The normalized spacial score (nSPS) is 10.8. The molecule has 0 atom stereocenters. The molecule has 0 aliphatic rings. The molecule has 0 spiro atoms. The van der Waals surface area contributed by atoms with Gasteiger partial charge < -0.3 is 5.32 Å². The minimum atomic E-state index is -0.305. The molecule has 22 heavy (non-hydrogen) atoms. The molecule has 1 N–H and O–H groups in total. The third kappa shape index (κ3) is 3.14. The predicted octanol–water partition coefficient (Wildman–Crippen LogP) is 2.88. The molecule has 2 aromatic carbocycles. The van der Waals surface area contributed by atoms with Gasteiger partial charge in [0.1, 0.15) is 5.82 Å². The van der Waals surface area contributed by atoms with Crippen LogP contribution in [0.25, 0.3) is 10.9 Å². The van der Waals surface area contributed by atoms with Gasteiger partial charge in [0.05, 0.1) is 18.3 Å². The van der Waals surface area contributed by atoms with Gasteiger partial charge in [0.25, 0.3) is 0 Å². The average Bonchev–Trinajstić information content (AvgIpc) is 2.95. The summed E-state index contributed by atoms with van der Waals surface area (Å²) in [7, 11) is 0. The van der Waals surface area contributed by atoms with Gasteiger partial charge in [-0.3, -0.25) is 9.48 Å². The molecule has 5 heteroatoms. The fourth-order valence-electron chi connectivity index (χ4n) is 2.34. The highest BCUT2D eigenvalue weighted by molar-refractivity contribution is 5.79. The van der Waals surface area contributed by atoms with E-state index in [1.165, 1.54) is 6.07 Å². The number of hydrogen-bond acceptors (Lipinski definition) is 2. The lowest BCUT2D eigenvalue weighted by atomic mass is 10.2. The van der Waals surface area contributed by atoms with Crippen molar-refractivity contribution in [3.8, 4) is 0 Å². The summed E-state index contributed by atoms with van der Waals surface area (Å²) in [5, 5.41) is 8.06. The molecule has 3 rings (SSSR count). The summed E-state index contributed by atoms with van der Waals surface area (Å²) in [5.41, 5.74) is 1.49. The quantitative estimate of drug-likeness (QED) is 0.787. The fourth-order valence-corrected chi connectivity index (χ4v) is 2.34. The Labute approximate surface area is 127 Å². The maximum absolute atomic E-state index is 13.5. The van der Waals surface area contributed by atoms with Crippen molar-refractivity contribution < 1.29 is 9.18 Å². The summed E-state index contributed by atoms with van der Waals surface area (Å²) in [4.78, 5) is 11.9. The van der Waals surface area contributed by atoms with Crippen LogP contribution in [-0.2, 0) is 17.9 Å². The lowest BCUT2D eigenvalue weighted by Gasteiger charge is -2.07. The van der Waals surface area contributed by atoms with E-state index in [2.05, 4.69) is 10.4 Å². The van der Waals surface area contributed by atoms with Crippen LogP contribution in [0.3, 0.4) is 0 Å². The number of nitrogens with zero attached hydrogens (tertiary/aromatic N) is 2. The fraction of sp³-hybridized carbons (Fsp3) is 0.176. The summed E-state index contributed by atoms with van der Waals surface area (Å²) in [6.07, 6.45) is 2.09. The van der Waals surface area contributed by atoms with Crippen LogP contribution in [0.4, 0.5) is 4.39 Å². The first-order valence-corrected chi connectivity index (χ1v) is 7.15. The molecule has 0 aliphatic carbocycles. The van der Waals surface area contributed by atoms with E-state index >= 15 is 0 Å². The molecule has 0 aliphatic heterocycles. The Morgan fingerprint density at radius 2 is 1.91 bits per heavy atom. The number of hydrogen-bond donors (Lipinski definition) is 1. The molecule has 112 valence electrons. The minimum absolute atomic E-state index is 0.122. The van der Waals surface area contributed by atoms with Crippen molar-refractivity contribution >= 4 is 16.8 Å². The van der Waals surface area contributed by atoms with Gasteiger partial charge in [-0.1, -0.05) is 36.4 Å². The molecule has 1 heterocycles. The number of halogens is 1. The van der Waals surface area contributed by atoms with E-state index in [4.69, 9.17) is 0 Å². The first-order valence-electron chi connectivity index (χ1n) is 7.15. The lowest BCUT2D eigenvalue weighted by molar-refractivity contribution is -0.121. The Bertz CT molecular complexity index is 797. The van der Waals surface area contributed by atoms with E-state index in [0.29, 0.717) is 18.5 Å². The molecular weight excluding hydrogens is 281 g/mol. The average molecular weight is 297 g/mol. The molecule has 0 unspecified atom stereocenters. The summed E-state index contributed by atoms with van der Waals surface area (Å²) < 4.78 is 15.3. The minimum Gasteiger partial charge on any atom is -0.352 e. The summed E-state index contributed by atoms with van der Waals surface area (Å²) in [6.45, 7) is 0.696. The number of aryl methyl sites for hydroxylation is 1. The zero-order valence-electron chi connectivity index (χ0n) is 12.0. The second-order valence-electron chi connectivity index (χ2n) is 5.04.